The van der Waals surface area contributed by atoms with Gasteiger partial charge in [-0.15, -0.1) is 11.6 Å². The van der Waals surface area contributed by atoms with E-state index >= 15 is 0 Å². The fourth-order valence-electron chi connectivity index (χ4n) is 0.947. The Kier molecular flexibility index (Phi) is 3.58. The first kappa shape index (κ1) is 10.4. The van der Waals surface area contributed by atoms with Gasteiger partial charge in [-0.2, -0.15) is 0 Å². The Morgan fingerprint density at radius 1 is 1.46 bits per heavy atom. The summed E-state index contributed by atoms with van der Waals surface area (Å²) in [6.07, 6.45) is 0.227. The van der Waals surface area contributed by atoms with Crippen molar-refractivity contribution >= 4 is 29.0 Å². The molecule has 2 nitrogen and oxygen atoms in total. The summed E-state index contributed by atoms with van der Waals surface area (Å²) in [5.74, 6) is 0.128. The van der Waals surface area contributed by atoms with Crippen LogP contribution in [0.5, 0.6) is 5.75 Å². The van der Waals surface area contributed by atoms with Crippen molar-refractivity contribution in [3.8, 4) is 5.75 Å². The SMILES string of the molecule is O=C(CCCl)c1cc(O)ccc1Cl. The number of hydrogen-bond acceptors (Lipinski definition) is 2. The minimum atomic E-state index is -0.157. The molecule has 0 bridgehead atoms. The van der Waals surface area contributed by atoms with E-state index in [0.717, 1.165) is 0 Å². The van der Waals surface area contributed by atoms with Crippen LogP contribution in [0.2, 0.25) is 5.02 Å². The third-order valence-electron chi connectivity index (χ3n) is 1.57. The van der Waals surface area contributed by atoms with E-state index in [1.54, 1.807) is 0 Å². The highest BCUT2D eigenvalue weighted by atomic mass is 35.5. The quantitative estimate of drug-likeness (QED) is 0.626. The Morgan fingerprint density at radius 2 is 2.15 bits per heavy atom. The molecule has 1 aromatic rings. The van der Waals surface area contributed by atoms with Gasteiger partial charge in [-0.3, -0.25) is 4.79 Å². The summed E-state index contributed by atoms with van der Waals surface area (Å²) in [6, 6.07) is 4.26. The number of alkyl halides is 1. The molecule has 0 aliphatic carbocycles. The number of Topliss-reactive ketones (excluding diaryl/α,β-unsaturated/α-hetero) is 1. The van der Waals surface area contributed by atoms with E-state index in [1.165, 1.54) is 18.2 Å². The molecule has 13 heavy (non-hydrogen) atoms. The van der Waals surface area contributed by atoms with Crippen molar-refractivity contribution in [1.82, 2.24) is 0 Å². The monoisotopic (exact) mass is 218 g/mol. The Morgan fingerprint density at radius 3 is 2.77 bits per heavy atom. The molecule has 1 aromatic carbocycles. The van der Waals surface area contributed by atoms with Gasteiger partial charge in [0.05, 0.1) is 5.02 Å². The molecule has 0 amide bonds. The van der Waals surface area contributed by atoms with Crippen molar-refractivity contribution in [1.29, 1.82) is 0 Å². The van der Waals surface area contributed by atoms with Crippen LogP contribution in [-0.2, 0) is 0 Å². The summed E-state index contributed by atoms with van der Waals surface area (Å²) in [6.45, 7) is 0. The van der Waals surface area contributed by atoms with Gasteiger partial charge in [0.25, 0.3) is 0 Å². The third-order valence-corrected chi connectivity index (χ3v) is 2.09. The molecule has 0 atom stereocenters. The Balaban J connectivity index is 2.99. The van der Waals surface area contributed by atoms with Crippen molar-refractivity contribution in [3.63, 3.8) is 0 Å². The molecular weight excluding hydrogens is 211 g/mol. The third kappa shape index (κ3) is 2.61. The highest BCUT2D eigenvalue weighted by Crippen LogP contribution is 2.22. The highest BCUT2D eigenvalue weighted by molar-refractivity contribution is 6.34. The molecule has 4 heteroatoms. The first-order valence-corrected chi connectivity index (χ1v) is 4.64. The van der Waals surface area contributed by atoms with Gasteiger partial charge in [-0.1, -0.05) is 11.6 Å². The van der Waals surface area contributed by atoms with Crippen LogP contribution >= 0.6 is 23.2 Å². The lowest BCUT2D eigenvalue weighted by molar-refractivity contribution is 0.0989. The van der Waals surface area contributed by atoms with Gasteiger partial charge in [-0.05, 0) is 18.2 Å². The zero-order valence-electron chi connectivity index (χ0n) is 6.76. The first-order chi connectivity index (χ1) is 6.15. The van der Waals surface area contributed by atoms with Crippen LogP contribution in [0.15, 0.2) is 18.2 Å². The predicted octanol–water partition coefficient (Wildman–Crippen LogP) is 2.86. The molecule has 0 spiro atoms. The van der Waals surface area contributed by atoms with E-state index in [9.17, 15) is 4.79 Å². The minimum Gasteiger partial charge on any atom is -0.508 e. The van der Waals surface area contributed by atoms with E-state index in [-0.39, 0.29) is 23.8 Å². The molecule has 70 valence electrons. The summed E-state index contributed by atoms with van der Waals surface area (Å²) in [5.41, 5.74) is 0.322. The van der Waals surface area contributed by atoms with E-state index < -0.39 is 0 Å². The lowest BCUT2D eigenvalue weighted by Crippen LogP contribution is -2.00. The number of phenols is 1. The molecule has 0 unspecified atom stereocenters. The number of carbonyl (C=O) groups excluding carboxylic acids is 1. The van der Waals surface area contributed by atoms with E-state index in [2.05, 4.69) is 0 Å². The van der Waals surface area contributed by atoms with Crippen LogP contribution in [0.25, 0.3) is 0 Å². The normalized spacial score (nSPS) is 10.0. The molecule has 0 heterocycles. The van der Waals surface area contributed by atoms with E-state index in [0.29, 0.717) is 10.6 Å². The fraction of sp³-hybridized carbons (Fsp3) is 0.222. The maximum Gasteiger partial charge on any atom is 0.165 e. The van der Waals surface area contributed by atoms with Crippen LogP contribution in [0.1, 0.15) is 16.8 Å². The van der Waals surface area contributed by atoms with Crippen molar-refractivity contribution in [2.45, 2.75) is 6.42 Å². The molecule has 1 rings (SSSR count). The van der Waals surface area contributed by atoms with Crippen LogP contribution in [-0.4, -0.2) is 16.8 Å². The Bertz CT molecular complexity index is 323. The second kappa shape index (κ2) is 4.49. The average molecular weight is 219 g/mol. The number of aromatic hydroxyl groups is 1. The molecule has 0 aliphatic rings. The second-order valence-electron chi connectivity index (χ2n) is 2.53. The zero-order chi connectivity index (χ0) is 9.84. The van der Waals surface area contributed by atoms with E-state index in [1.807, 2.05) is 0 Å². The van der Waals surface area contributed by atoms with Gasteiger partial charge in [0.15, 0.2) is 5.78 Å². The fourth-order valence-corrected chi connectivity index (χ4v) is 1.34. The van der Waals surface area contributed by atoms with Gasteiger partial charge in [0.1, 0.15) is 5.75 Å². The molecule has 0 radical (unpaired) electrons. The molecule has 0 saturated heterocycles. The van der Waals surface area contributed by atoms with Crippen molar-refractivity contribution in [3.05, 3.63) is 28.8 Å². The van der Waals surface area contributed by atoms with Crippen molar-refractivity contribution in [2.75, 3.05) is 5.88 Å². The zero-order valence-corrected chi connectivity index (χ0v) is 8.27. The van der Waals surface area contributed by atoms with Crippen LogP contribution in [0.3, 0.4) is 0 Å². The van der Waals surface area contributed by atoms with Crippen LogP contribution < -0.4 is 0 Å². The van der Waals surface area contributed by atoms with Gasteiger partial charge >= 0.3 is 0 Å². The van der Waals surface area contributed by atoms with Gasteiger partial charge in [-0.25, -0.2) is 0 Å². The summed E-state index contributed by atoms with van der Waals surface area (Å²) in [7, 11) is 0. The number of rotatable bonds is 3. The number of phenolic OH excluding ortho intramolecular Hbond substituents is 1. The van der Waals surface area contributed by atoms with E-state index in [4.69, 9.17) is 28.3 Å². The Labute approximate surface area is 86.1 Å². The number of carbonyl (C=O) groups is 1. The molecule has 0 aromatic heterocycles. The Hall–Kier alpha value is -0.730. The summed E-state index contributed by atoms with van der Waals surface area (Å²) < 4.78 is 0. The number of ketones is 1. The minimum absolute atomic E-state index is 0.0299. The lowest BCUT2D eigenvalue weighted by Gasteiger charge is -2.01. The maximum absolute atomic E-state index is 11.3. The van der Waals surface area contributed by atoms with Crippen molar-refractivity contribution in [2.24, 2.45) is 0 Å². The second-order valence-corrected chi connectivity index (χ2v) is 3.31. The average Bonchev–Trinajstić information content (AvgIpc) is 2.09. The molecule has 0 saturated carbocycles. The summed E-state index contributed by atoms with van der Waals surface area (Å²) in [5, 5.41) is 9.45. The first-order valence-electron chi connectivity index (χ1n) is 3.73. The highest BCUT2D eigenvalue weighted by Gasteiger charge is 2.09. The van der Waals surface area contributed by atoms with Crippen LogP contribution in [0, 0.1) is 0 Å². The van der Waals surface area contributed by atoms with Crippen LogP contribution in [0.4, 0.5) is 0 Å². The maximum atomic E-state index is 11.3. The molecular formula is C9H8Cl2O2. The number of halogens is 2. The summed E-state index contributed by atoms with van der Waals surface area (Å²) >= 11 is 11.2. The molecule has 0 aliphatic heterocycles. The number of hydrogen-bond donors (Lipinski definition) is 1. The van der Waals surface area contributed by atoms with Gasteiger partial charge in [0, 0.05) is 17.9 Å². The van der Waals surface area contributed by atoms with Gasteiger partial charge < -0.3 is 5.11 Å². The predicted molar refractivity (Wildman–Crippen MR) is 52.8 cm³/mol. The lowest BCUT2D eigenvalue weighted by atomic mass is 10.1. The van der Waals surface area contributed by atoms with Gasteiger partial charge in [0.2, 0.25) is 0 Å². The topological polar surface area (TPSA) is 37.3 Å². The van der Waals surface area contributed by atoms with Crippen molar-refractivity contribution < 1.29 is 9.90 Å². The molecule has 0 fully saturated rings. The smallest absolute Gasteiger partial charge is 0.165 e. The largest absolute Gasteiger partial charge is 0.508 e. The number of benzene rings is 1. The summed E-state index contributed by atoms with van der Waals surface area (Å²) in [4.78, 5) is 11.3. The standard InChI is InChI=1S/C9H8Cl2O2/c10-4-3-9(13)7-5-6(12)1-2-8(7)11/h1-2,5,12H,3-4H2. The molecule has 1 N–H and O–H groups in total.